The van der Waals surface area contributed by atoms with Crippen LogP contribution in [0.5, 0.6) is 0 Å². The summed E-state index contributed by atoms with van der Waals surface area (Å²) in [5.41, 5.74) is 5.93. The van der Waals surface area contributed by atoms with Gasteiger partial charge in [-0.2, -0.15) is 12.6 Å². The number of nitrogens with two attached hydrogens (primary N) is 1. The number of ketones is 1. The van der Waals surface area contributed by atoms with Crippen LogP contribution in [-0.4, -0.2) is 42.6 Å². The fourth-order valence-corrected chi connectivity index (χ4v) is 3.03. The molecule has 0 aliphatic carbocycles. The average molecular weight is 531 g/mol. The zero-order valence-corrected chi connectivity index (χ0v) is 23.2. The number of ether oxygens (including phenoxy) is 1. The number of hydrogen-bond donors (Lipinski definition) is 3. The van der Waals surface area contributed by atoms with E-state index in [1.54, 1.807) is 6.08 Å². The lowest BCUT2D eigenvalue weighted by molar-refractivity contribution is -0.148. The molecular weight excluding hydrogens is 484 g/mol. The molecule has 0 aliphatic heterocycles. The Morgan fingerprint density at radius 2 is 1.43 bits per heavy atom. The van der Waals surface area contributed by atoms with Gasteiger partial charge in [0, 0.05) is 31.2 Å². The summed E-state index contributed by atoms with van der Waals surface area (Å²) in [6.07, 6.45) is 32.2. The Labute approximate surface area is 229 Å². The van der Waals surface area contributed by atoms with E-state index < -0.39 is 12.0 Å². The van der Waals surface area contributed by atoms with Crippen LogP contribution >= 0.6 is 12.6 Å². The monoisotopic (exact) mass is 530 g/mol. The predicted octanol–water partition coefficient (Wildman–Crippen LogP) is 5.73. The molecule has 1 atom stereocenters. The zero-order chi connectivity index (χ0) is 27.4. The minimum atomic E-state index is -0.492. The van der Waals surface area contributed by atoms with Gasteiger partial charge >= 0.3 is 5.97 Å². The van der Waals surface area contributed by atoms with Crippen molar-refractivity contribution >= 4 is 30.3 Å². The molecule has 0 radical (unpaired) electrons. The topological polar surface area (TPSA) is 98.5 Å². The number of amides is 1. The van der Waals surface area contributed by atoms with E-state index in [0.29, 0.717) is 25.1 Å². The van der Waals surface area contributed by atoms with Gasteiger partial charge in [0.25, 0.3) is 5.91 Å². The van der Waals surface area contributed by atoms with E-state index in [-0.39, 0.29) is 24.7 Å². The molecule has 1 amide bonds. The zero-order valence-electron chi connectivity index (χ0n) is 22.4. The van der Waals surface area contributed by atoms with E-state index in [0.717, 1.165) is 44.9 Å². The number of allylic oxidation sites excluding steroid dienone is 11. The maximum absolute atomic E-state index is 12.0. The van der Waals surface area contributed by atoms with Gasteiger partial charge in [0.1, 0.15) is 0 Å². The number of esters is 1. The van der Waals surface area contributed by atoms with Gasteiger partial charge in [-0.15, -0.1) is 0 Å². The Hall–Kier alpha value is -2.64. The molecule has 0 aromatic heterocycles. The molecule has 37 heavy (non-hydrogen) atoms. The molecular formula is C30H46N2O4S. The summed E-state index contributed by atoms with van der Waals surface area (Å²) in [5.74, 6) is -0.315. The molecule has 0 heterocycles. The molecule has 0 spiro atoms. The highest BCUT2D eigenvalue weighted by molar-refractivity contribution is 7.80. The number of unbranched alkanes of at least 4 members (excludes halogenated alkanes) is 1. The van der Waals surface area contributed by atoms with E-state index in [9.17, 15) is 14.4 Å². The third-order valence-electron chi connectivity index (χ3n) is 4.96. The van der Waals surface area contributed by atoms with Crippen molar-refractivity contribution in [2.24, 2.45) is 5.73 Å². The molecule has 6 nitrogen and oxygen atoms in total. The smallest absolute Gasteiger partial charge is 0.306 e. The van der Waals surface area contributed by atoms with Crippen molar-refractivity contribution < 1.29 is 19.1 Å². The molecule has 0 aromatic rings. The standard InChI is InChI=1S/C30H46N2O4S/c1-2-3-4-5-6-7-8-9-10-11-12-13-14-15-16-17-18-19-28(33)22-20-27(31)21-23-30(35)36-26-29(34)32-24-25-37/h3-4,6-7,9-10,12-13,15-16,20,22,27,37H,2,5,8,11,14,17-19,21,23-26,31H2,1H3,(H,32,34)/b4-3-,7-6-,10-9-,13-12-,16-15-,22-20+. The van der Waals surface area contributed by atoms with E-state index in [4.69, 9.17) is 10.5 Å². The normalized spacial score (nSPS) is 13.2. The third kappa shape index (κ3) is 26.2. The molecule has 0 fully saturated rings. The van der Waals surface area contributed by atoms with Crippen LogP contribution in [0.1, 0.15) is 71.1 Å². The van der Waals surface area contributed by atoms with Crippen LogP contribution in [-0.2, 0) is 19.1 Å². The fraction of sp³-hybridized carbons (Fsp3) is 0.500. The number of thiol groups is 1. The molecule has 206 valence electrons. The minimum Gasteiger partial charge on any atom is -0.456 e. The number of carbonyl (C=O) groups excluding carboxylic acids is 3. The number of rotatable bonds is 22. The molecule has 0 saturated carbocycles. The maximum Gasteiger partial charge on any atom is 0.306 e. The highest BCUT2D eigenvalue weighted by atomic mass is 32.1. The number of hydrogen-bond acceptors (Lipinski definition) is 6. The van der Waals surface area contributed by atoms with Crippen molar-refractivity contribution in [3.63, 3.8) is 0 Å². The Kier molecular flexibility index (Phi) is 24.5. The van der Waals surface area contributed by atoms with Crippen molar-refractivity contribution in [2.45, 2.75) is 77.2 Å². The highest BCUT2D eigenvalue weighted by Gasteiger charge is 2.09. The largest absolute Gasteiger partial charge is 0.456 e. The van der Waals surface area contributed by atoms with Gasteiger partial charge in [0.15, 0.2) is 12.4 Å². The highest BCUT2D eigenvalue weighted by Crippen LogP contribution is 2.03. The summed E-state index contributed by atoms with van der Waals surface area (Å²) in [6.45, 7) is 2.25. The quantitative estimate of drug-likeness (QED) is 0.0546. The first-order valence-electron chi connectivity index (χ1n) is 13.2. The second kappa shape index (κ2) is 26.4. The van der Waals surface area contributed by atoms with Crippen LogP contribution in [0.15, 0.2) is 72.9 Å². The molecule has 0 aromatic carbocycles. The summed E-state index contributed by atoms with van der Waals surface area (Å²) in [6, 6.07) is -0.416. The van der Waals surface area contributed by atoms with E-state index in [2.05, 4.69) is 85.6 Å². The first-order valence-corrected chi connectivity index (χ1v) is 13.9. The lowest BCUT2D eigenvalue weighted by atomic mass is 10.1. The summed E-state index contributed by atoms with van der Waals surface area (Å²) in [5, 5.41) is 2.56. The van der Waals surface area contributed by atoms with Crippen molar-refractivity contribution in [1.29, 1.82) is 0 Å². The first-order chi connectivity index (χ1) is 18.0. The van der Waals surface area contributed by atoms with Gasteiger partial charge in [-0.3, -0.25) is 14.4 Å². The van der Waals surface area contributed by atoms with Crippen LogP contribution in [0, 0.1) is 0 Å². The van der Waals surface area contributed by atoms with Gasteiger partial charge in [-0.25, -0.2) is 0 Å². The van der Waals surface area contributed by atoms with Gasteiger partial charge in [-0.05, 0) is 57.4 Å². The maximum atomic E-state index is 12.0. The Balaban J connectivity index is 3.79. The Morgan fingerprint density at radius 3 is 2.00 bits per heavy atom. The van der Waals surface area contributed by atoms with E-state index in [1.807, 2.05) is 0 Å². The van der Waals surface area contributed by atoms with Crippen LogP contribution in [0.4, 0.5) is 0 Å². The number of carbonyl (C=O) groups is 3. The van der Waals surface area contributed by atoms with Crippen molar-refractivity contribution in [3.8, 4) is 0 Å². The second-order valence-corrected chi connectivity index (χ2v) is 8.81. The fourth-order valence-electron chi connectivity index (χ4n) is 2.92. The predicted molar refractivity (Wildman–Crippen MR) is 157 cm³/mol. The minimum absolute atomic E-state index is 0.0197. The van der Waals surface area contributed by atoms with Crippen molar-refractivity contribution in [1.82, 2.24) is 5.32 Å². The summed E-state index contributed by atoms with van der Waals surface area (Å²) < 4.78 is 4.88. The molecule has 0 rings (SSSR count). The van der Waals surface area contributed by atoms with E-state index in [1.165, 1.54) is 6.08 Å². The lowest BCUT2D eigenvalue weighted by Gasteiger charge is -2.07. The summed E-state index contributed by atoms with van der Waals surface area (Å²) >= 11 is 3.98. The first kappa shape index (κ1) is 34.4. The molecule has 0 bridgehead atoms. The molecule has 0 saturated heterocycles. The number of nitrogens with one attached hydrogen (secondary N) is 1. The van der Waals surface area contributed by atoms with Gasteiger partial charge in [0.05, 0.1) is 0 Å². The average Bonchev–Trinajstić information content (AvgIpc) is 2.89. The SMILES string of the molecule is CC/C=C\C/C=C\C/C=C\C/C=C\C/C=C\CCCC(=O)/C=C/C(N)CCC(=O)OCC(=O)NCCS. The van der Waals surface area contributed by atoms with Crippen molar-refractivity contribution in [3.05, 3.63) is 72.9 Å². The van der Waals surface area contributed by atoms with E-state index >= 15 is 0 Å². The second-order valence-electron chi connectivity index (χ2n) is 8.36. The molecule has 7 heteroatoms. The van der Waals surface area contributed by atoms with Gasteiger partial charge in [-0.1, -0.05) is 73.8 Å². The molecule has 1 unspecified atom stereocenters. The van der Waals surface area contributed by atoms with Crippen LogP contribution in [0.2, 0.25) is 0 Å². The van der Waals surface area contributed by atoms with Crippen molar-refractivity contribution in [2.75, 3.05) is 18.9 Å². The van der Waals surface area contributed by atoms with Gasteiger partial charge < -0.3 is 15.8 Å². The van der Waals surface area contributed by atoms with Crippen LogP contribution in [0.25, 0.3) is 0 Å². The lowest BCUT2D eigenvalue weighted by Crippen LogP contribution is -2.30. The summed E-state index contributed by atoms with van der Waals surface area (Å²) in [7, 11) is 0. The summed E-state index contributed by atoms with van der Waals surface area (Å²) in [4.78, 5) is 35.0. The molecule has 3 N–H and O–H groups in total. The molecule has 0 aliphatic rings. The van der Waals surface area contributed by atoms with Crippen LogP contribution in [0.3, 0.4) is 0 Å². The Morgan fingerprint density at radius 1 is 0.865 bits per heavy atom. The Bertz CT molecular complexity index is 797. The van der Waals surface area contributed by atoms with Gasteiger partial charge in [0.2, 0.25) is 0 Å². The third-order valence-corrected chi connectivity index (χ3v) is 5.18. The van der Waals surface area contributed by atoms with Crippen LogP contribution < -0.4 is 11.1 Å².